The van der Waals surface area contributed by atoms with E-state index in [-0.39, 0.29) is 17.9 Å². The van der Waals surface area contributed by atoms with Crippen LogP contribution in [0, 0.1) is 5.92 Å². The lowest BCUT2D eigenvalue weighted by atomic mass is 9.88. The van der Waals surface area contributed by atoms with Crippen molar-refractivity contribution in [3.05, 3.63) is 17.2 Å². The van der Waals surface area contributed by atoms with Gasteiger partial charge in [0.15, 0.2) is 5.13 Å². The number of hydrogen-bond acceptors (Lipinski definition) is 5. The van der Waals surface area contributed by atoms with Gasteiger partial charge in [-0.05, 0) is 37.8 Å². The van der Waals surface area contributed by atoms with Crippen molar-refractivity contribution in [1.82, 2.24) is 4.98 Å². The summed E-state index contributed by atoms with van der Waals surface area (Å²) in [6, 6.07) is 3.64. The largest absolute Gasteiger partial charge is 0.494 e. The van der Waals surface area contributed by atoms with Gasteiger partial charge < -0.3 is 9.47 Å². The second kappa shape index (κ2) is 8.33. The second-order valence-corrected chi connectivity index (χ2v) is 8.73. The number of halogens is 1. The molecule has 2 heterocycles. The van der Waals surface area contributed by atoms with Crippen molar-refractivity contribution >= 4 is 44.2 Å². The van der Waals surface area contributed by atoms with Crippen LogP contribution in [-0.2, 0) is 9.53 Å². The highest BCUT2D eigenvalue weighted by Gasteiger charge is 2.32. The highest BCUT2D eigenvalue weighted by Crippen LogP contribution is 2.40. The molecule has 146 valence electrons. The molecule has 1 aliphatic heterocycles. The Morgan fingerprint density at radius 2 is 2.11 bits per heavy atom. The number of fused-ring (bicyclic) bond motifs is 1. The summed E-state index contributed by atoms with van der Waals surface area (Å²) < 4.78 is 12.1. The maximum atomic E-state index is 13.4. The topological polar surface area (TPSA) is 51.7 Å². The first-order valence-corrected chi connectivity index (χ1v) is 10.9. The summed E-state index contributed by atoms with van der Waals surface area (Å²) in [4.78, 5) is 20.0. The van der Waals surface area contributed by atoms with Crippen LogP contribution in [0.4, 0.5) is 5.13 Å². The predicted octanol–water partition coefficient (Wildman–Crippen LogP) is 5.05. The number of rotatable bonds is 5. The van der Waals surface area contributed by atoms with Gasteiger partial charge in [0.05, 0.1) is 29.5 Å². The number of benzene rings is 1. The van der Waals surface area contributed by atoms with Crippen molar-refractivity contribution in [2.75, 3.05) is 25.2 Å². The molecule has 1 amide bonds. The lowest BCUT2D eigenvalue weighted by molar-refractivity contribution is -0.123. The van der Waals surface area contributed by atoms with Gasteiger partial charge in [0.1, 0.15) is 11.3 Å². The van der Waals surface area contributed by atoms with E-state index < -0.39 is 0 Å². The number of ether oxygens (including phenoxy) is 2. The normalized spacial score (nSPS) is 20.9. The summed E-state index contributed by atoms with van der Waals surface area (Å²) in [5.74, 6) is 0.947. The standard InChI is InChI=1S/C20H25ClN2O3S/c1-25-16-10-9-15(21)18-17(16)22-20(27-18)23(12-14-8-5-11-26-14)19(24)13-6-3-2-4-7-13/h9-10,13-14H,2-8,11-12H2,1H3. The van der Waals surface area contributed by atoms with Gasteiger partial charge in [-0.1, -0.05) is 42.2 Å². The molecule has 7 heteroatoms. The van der Waals surface area contributed by atoms with Crippen LogP contribution < -0.4 is 9.64 Å². The predicted molar refractivity (Wildman–Crippen MR) is 109 cm³/mol. The zero-order chi connectivity index (χ0) is 18.8. The van der Waals surface area contributed by atoms with E-state index in [0.717, 1.165) is 55.3 Å². The molecule has 0 bridgehead atoms. The summed E-state index contributed by atoms with van der Waals surface area (Å²) in [6.45, 7) is 1.34. The lowest BCUT2D eigenvalue weighted by Crippen LogP contribution is -2.41. The Balaban J connectivity index is 1.69. The Bertz CT molecular complexity index is 813. The molecule has 1 saturated carbocycles. The molecule has 2 aliphatic rings. The van der Waals surface area contributed by atoms with Gasteiger partial charge in [-0.25, -0.2) is 4.98 Å². The van der Waals surface area contributed by atoms with Gasteiger partial charge in [0.25, 0.3) is 0 Å². The Kier molecular flexibility index (Phi) is 5.85. The van der Waals surface area contributed by atoms with Gasteiger partial charge in [-0.3, -0.25) is 9.69 Å². The van der Waals surface area contributed by atoms with Crippen molar-refractivity contribution in [1.29, 1.82) is 0 Å². The molecular weight excluding hydrogens is 384 g/mol. The Morgan fingerprint density at radius 1 is 1.30 bits per heavy atom. The lowest BCUT2D eigenvalue weighted by Gasteiger charge is -2.29. The fourth-order valence-corrected chi connectivity index (χ4v) is 5.32. The molecule has 27 heavy (non-hydrogen) atoms. The molecule has 1 aliphatic carbocycles. The average Bonchev–Trinajstić information content (AvgIpc) is 3.37. The summed E-state index contributed by atoms with van der Waals surface area (Å²) in [5, 5.41) is 1.33. The van der Waals surface area contributed by atoms with Crippen LogP contribution in [-0.4, -0.2) is 37.3 Å². The number of hydrogen-bond donors (Lipinski definition) is 0. The second-order valence-electron chi connectivity index (χ2n) is 7.34. The van der Waals surface area contributed by atoms with Gasteiger partial charge in [0, 0.05) is 12.5 Å². The number of thiazole rings is 1. The van der Waals surface area contributed by atoms with Gasteiger partial charge in [0.2, 0.25) is 5.91 Å². The third-order valence-electron chi connectivity index (χ3n) is 5.53. The highest BCUT2D eigenvalue weighted by atomic mass is 35.5. The zero-order valence-corrected chi connectivity index (χ0v) is 17.2. The molecule has 0 radical (unpaired) electrons. The van der Waals surface area contributed by atoms with E-state index in [1.54, 1.807) is 7.11 Å². The Hall–Kier alpha value is -1.37. The van der Waals surface area contributed by atoms with Crippen LogP contribution in [0.3, 0.4) is 0 Å². The number of methoxy groups -OCH3 is 1. The van der Waals surface area contributed by atoms with Crippen LogP contribution in [0.2, 0.25) is 5.02 Å². The van der Waals surface area contributed by atoms with Gasteiger partial charge in [-0.15, -0.1) is 0 Å². The first-order valence-electron chi connectivity index (χ1n) is 9.73. The van der Waals surface area contributed by atoms with Crippen LogP contribution in [0.5, 0.6) is 5.75 Å². The maximum absolute atomic E-state index is 13.4. The Morgan fingerprint density at radius 3 is 2.81 bits per heavy atom. The molecule has 1 atom stereocenters. The number of carbonyl (C=O) groups is 1. The molecule has 0 N–H and O–H groups in total. The fourth-order valence-electron chi connectivity index (χ4n) is 4.05. The summed E-state index contributed by atoms with van der Waals surface area (Å²) in [6.07, 6.45) is 7.54. The number of aromatic nitrogens is 1. The third-order valence-corrected chi connectivity index (χ3v) is 7.07. The quantitative estimate of drug-likeness (QED) is 0.694. The van der Waals surface area contributed by atoms with Crippen molar-refractivity contribution in [2.45, 2.75) is 51.0 Å². The molecule has 1 aromatic carbocycles. The fraction of sp³-hybridized carbons (Fsp3) is 0.600. The molecule has 0 spiro atoms. The van der Waals surface area contributed by atoms with Crippen LogP contribution in [0.1, 0.15) is 44.9 Å². The number of carbonyl (C=O) groups excluding carboxylic acids is 1. The summed E-state index contributed by atoms with van der Waals surface area (Å²) >= 11 is 7.85. The van der Waals surface area contributed by atoms with Crippen molar-refractivity contribution in [3.8, 4) is 5.75 Å². The molecule has 1 saturated heterocycles. The average molecular weight is 409 g/mol. The van der Waals surface area contributed by atoms with Crippen LogP contribution in [0.15, 0.2) is 12.1 Å². The van der Waals surface area contributed by atoms with E-state index in [1.165, 1.54) is 17.8 Å². The molecule has 5 nitrogen and oxygen atoms in total. The van der Waals surface area contributed by atoms with Crippen LogP contribution >= 0.6 is 22.9 Å². The summed E-state index contributed by atoms with van der Waals surface area (Å²) in [5.41, 5.74) is 0.721. The van der Waals surface area contributed by atoms with E-state index in [4.69, 9.17) is 26.1 Å². The van der Waals surface area contributed by atoms with Gasteiger partial charge >= 0.3 is 0 Å². The van der Waals surface area contributed by atoms with Crippen molar-refractivity contribution in [2.24, 2.45) is 5.92 Å². The Labute approximate surface area is 168 Å². The number of nitrogens with zero attached hydrogens (tertiary/aromatic N) is 2. The smallest absolute Gasteiger partial charge is 0.231 e. The van der Waals surface area contributed by atoms with E-state index in [9.17, 15) is 4.79 Å². The minimum Gasteiger partial charge on any atom is -0.494 e. The highest BCUT2D eigenvalue weighted by molar-refractivity contribution is 7.23. The zero-order valence-electron chi connectivity index (χ0n) is 15.6. The molecule has 1 unspecified atom stereocenters. The van der Waals surface area contributed by atoms with Gasteiger partial charge in [-0.2, -0.15) is 0 Å². The molecule has 4 rings (SSSR count). The number of anilines is 1. The number of amides is 1. The van der Waals surface area contributed by atoms with E-state index >= 15 is 0 Å². The maximum Gasteiger partial charge on any atom is 0.231 e. The molecule has 2 aromatic rings. The minimum atomic E-state index is 0.0851. The molecule has 1 aromatic heterocycles. The van der Waals surface area contributed by atoms with E-state index in [1.807, 2.05) is 17.0 Å². The van der Waals surface area contributed by atoms with E-state index in [2.05, 4.69) is 0 Å². The molecule has 2 fully saturated rings. The molecular formula is C20H25ClN2O3S. The van der Waals surface area contributed by atoms with Crippen LogP contribution in [0.25, 0.3) is 10.2 Å². The van der Waals surface area contributed by atoms with Crippen molar-refractivity contribution < 1.29 is 14.3 Å². The monoisotopic (exact) mass is 408 g/mol. The first kappa shape index (κ1) is 19.0. The first-order chi connectivity index (χ1) is 13.2. The third kappa shape index (κ3) is 3.93. The summed E-state index contributed by atoms with van der Waals surface area (Å²) in [7, 11) is 1.62. The van der Waals surface area contributed by atoms with E-state index in [0.29, 0.717) is 22.4 Å². The SMILES string of the molecule is COc1ccc(Cl)c2sc(N(CC3CCCO3)C(=O)C3CCCCC3)nc12. The minimum absolute atomic E-state index is 0.0851. The van der Waals surface area contributed by atoms with Crippen molar-refractivity contribution in [3.63, 3.8) is 0 Å².